The molecule has 2 rings (SSSR count). The molecule has 51 heavy (non-hydrogen) atoms. The van der Waals surface area contributed by atoms with E-state index in [1.54, 1.807) is 33.2 Å². The molecule has 3 N–H and O–H groups in total. The minimum atomic E-state index is -0.742. The van der Waals surface area contributed by atoms with Gasteiger partial charge in [-0.3, -0.25) is 19.2 Å². The number of likely N-dealkylation sites (N-methyl/N-ethyl adjacent to an activating group) is 2. The zero-order valence-electron chi connectivity index (χ0n) is 33.7. The van der Waals surface area contributed by atoms with Crippen molar-refractivity contribution in [1.82, 2.24) is 25.8 Å². The van der Waals surface area contributed by atoms with Crippen molar-refractivity contribution in [3.63, 3.8) is 0 Å². The third-order valence-electron chi connectivity index (χ3n) is 11.2. The molecule has 1 aromatic rings. The highest BCUT2D eigenvalue weighted by Crippen LogP contribution is 2.30. The summed E-state index contributed by atoms with van der Waals surface area (Å²) in [5, 5.41) is 9.25. The second-order valence-corrected chi connectivity index (χ2v) is 15.3. The zero-order valence-corrected chi connectivity index (χ0v) is 33.7. The number of nitrogens with one attached hydrogen (secondary N) is 3. The van der Waals surface area contributed by atoms with Crippen LogP contribution in [0.15, 0.2) is 30.3 Å². The first kappa shape index (κ1) is 44.1. The number of nitrogens with zero attached hydrogens (tertiary/aromatic N) is 2. The molecule has 1 aliphatic rings. The Hall–Kier alpha value is -3.02. The lowest BCUT2D eigenvalue weighted by Gasteiger charge is -2.41. The molecule has 1 aliphatic heterocycles. The molecule has 11 heteroatoms. The van der Waals surface area contributed by atoms with Crippen LogP contribution < -0.4 is 16.0 Å². The molecule has 0 saturated carbocycles. The van der Waals surface area contributed by atoms with Gasteiger partial charge in [0.1, 0.15) is 6.04 Å². The Kier molecular flexibility index (Phi) is 18.1. The molecule has 10 atom stereocenters. The van der Waals surface area contributed by atoms with Gasteiger partial charge in [0, 0.05) is 39.8 Å². The molecule has 1 heterocycles. The van der Waals surface area contributed by atoms with E-state index in [2.05, 4.69) is 48.9 Å². The van der Waals surface area contributed by atoms with E-state index in [4.69, 9.17) is 9.47 Å². The predicted molar refractivity (Wildman–Crippen MR) is 203 cm³/mol. The normalized spacial score (nSPS) is 20.1. The van der Waals surface area contributed by atoms with Crippen LogP contribution in [0.5, 0.6) is 0 Å². The third kappa shape index (κ3) is 11.5. The average Bonchev–Trinajstić information content (AvgIpc) is 3.59. The Morgan fingerprint density at radius 3 is 2.00 bits per heavy atom. The number of likely N-dealkylation sites (tertiary alicyclic amines) is 1. The lowest BCUT2D eigenvalue weighted by molar-refractivity contribution is -0.147. The summed E-state index contributed by atoms with van der Waals surface area (Å²) < 4.78 is 12.0. The standard InChI is InChI=1S/C40H69N5O6/c1-14-26(6)36(44(11)40(49)35(25(4)5)43-39(48)34(41-10)24(2)3)32(50-12)23-33(46)45-22-18-21-31(45)37(51-13)28(8)38(47)42-29(9)27(7)30-19-16-15-17-20-30/h15-17,19-20,24-29,31-32,34-37,41H,14,18,21-23H2,1-13H3,(H,42,47)(H,43,48)/t26-,27+,28+,29+,31-,32+,34-,35-,36-,37+/m0/s1. The summed E-state index contributed by atoms with van der Waals surface area (Å²) in [5.74, 6) is -1.11. The minimum Gasteiger partial charge on any atom is -0.379 e. The summed E-state index contributed by atoms with van der Waals surface area (Å²) in [5.41, 5.74) is 1.16. The molecule has 0 bridgehead atoms. The Morgan fingerprint density at radius 2 is 1.49 bits per heavy atom. The molecular weight excluding hydrogens is 646 g/mol. The van der Waals surface area contributed by atoms with Crippen LogP contribution in [0.1, 0.15) is 99.5 Å². The van der Waals surface area contributed by atoms with E-state index in [1.165, 1.54) is 0 Å². The Morgan fingerprint density at radius 1 is 0.882 bits per heavy atom. The van der Waals surface area contributed by atoms with Gasteiger partial charge in [-0.25, -0.2) is 0 Å². The fourth-order valence-corrected chi connectivity index (χ4v) is 7.58. The van der Waals surface area contributed by atoms with Crippen LogP contribution in [0.25, 0.3) is 0 Å². The van der Waals surface area contributed by atoms with Crippen LogP contribution in [-0.2, 0) is 28.7 Å². The minimum absolute atomic E-state index is 0.00557. The van der Waals surface area contributed by atoms with Crippen LogP contribution in [0, 0.1) is 23.7 Å². The van der Waals surface area contributed by atoms with Gasteiger partial charge in [0.15, 0.2) is 0 Å². The summed E-state index contributed by atoms with van der Waals surface area (Å²) in [6.07, 6.45) is 1.27. The first-order valence-corrected chi connectivity index (χ1v) is 19.0. The van der Waals surface area contributed by atoms with Gasteiger partial charge in [-0.2, -0.15) is 0 Å². The summed E-state index contributed by atoms with van der Waals surface area (Å²) >= 11 is 0. The number of benzene rings is 1. The molecule has 290 valence electrons. The molecule has 0 unspecified atom stereocenters. The first-order chi connectivity index (χ1) is 24.0. The molecule has 0 aliphatic carbocycles. The third-order valence-corrected chi connectivity index (χ3v) is 11.2. The number of rotatable bonds is 20. The molecule has 1 saturated heterocycles. The topological polar surface area (TPSA) is 129 Å². The lowest BCUT2D eigenvalue weighted by atomic mass is 9.89. The van der Waals surface area contributed by atoms with Gasteiger partial charge in [-0.1, -0.05) is 92.1 Å². The van der Waals surface area contributed by atoms with Gasteiger partial charge in [0.05, 0.1) is 42.7 Å². The molecule has 0 radical (unpaired) electrons. The molecular formula is C40H69N5O6. The van der Waals surface area contributed by atoms with Crippen LogP contribution >= 0.6 is 0 Å². The average molecular weight is 716 g/mol. The monoisotopic (exact) mass is 716 g/mol. The second kappa shape index (κ2) is 20.9. The molecule has 0 spiro atoms. The van der Waals surface area contributed by atoms with Crippen molar-refractivity contribution >= 4 is 23.6 Å². The fraction of sp³-hybridized carbons (Fsp3) is 0.750. The van der Waals surface area contributed by atoms with Crippen molar-refractivity contribution in [1.29, 1.82) is 0 Å². The van der Waals surface area contributed by atoms with Crippen molar-refractivity contribution in [3.05, 3.63) is 35.9 Å². The Labute approximate surface area is 308 Å². The van der Waals surface area contributed by atoms with Gasteiger partial charge in [-0.15, -0.1) is 0 Å². The van der Waals surface area contributed by atoms with Crippen molar-refractivity contribution in [2.24, 2.45) is 23.7 Å². The highest BCUT2D eigenvalue weighted by atomic mass is 16.5. The smallest absolute Gasteiger partial charge is 0.245 e. The van der Waals surface area contributed by atoms with E-state index < -0.39 is 36.3 Å². The maximum atomic E-state index is 14.2. The second-order valence-electron chi connectivity index (χ2n) is 15.3. The fourth-order valence-electron chi connectivity index (χ4n) is 7.58. The van der Waals surface area contributed by atoms with Crippen LogP contribution in [0.4, 0.5) is 0 Å². The number of hydrogen-bond acceptors (Lipinski definition) is 7. The van der Waals surface area contributed by atoms with E-state index in [0.717, 1.165) is 24.8 Å². The van der Waals surface area contributed by atoms with Gasteiger partial charge < -0.3 is 35.2 Å². The Bertz CT molecular complexity index is 1240. The maximum absolute atomic E-state index is 14.2. The summed E-state index contributed by atoms with van der Waals surface area (Å²) in [6, 6.07) is 8.16. The maximum Gasteiger partial charge on any atom is 0.245 e. The van der Waals surface area contributed by atoms with Gasteiger partial charge in [0.2, 0.25) is 23.6 Å². The lowest BCUT2D eigenvalue weighted by Crippen LogP contribution is -2.59. The van der Waals surface area contributed by atoms with Crippen LogP contribution in [-0.4, -0.2) is 111 Å². The SMILES string of the molecule is CC[C@H](C)[C@@H]([C@@H](CC(=O)N1CCC[C@H]1[C@H](OC)[C@@H](C)C(=O)N[C@H](C)[C@@H](C)c1ccccc1)OC)N(C)C(=O)[C@@H](NC(=O)[C@@H](NC)C(C)C)C(C)C. The molecule has 11 nitrogen and oxygen atoms in total. The molecule has 4 amide bonds. The quantitative estimate of drug-likeness (QED) is 0.180. The van der Waals surface area contributed by atoms with Crippen molar-refractivity contribution in [2.45, 2.75) is 136 Å². The van der Waals surface area contributed by atoms with Crippen LogP contribution in [0.3, 0.4) is 0 Å². The van der Waals surface area contributed by atoms with E-state index in [9.17, 15) is 19.2 Å². The number of ether oxygens (including phenoxy) is 2. The van der Waals surface area contributed by atoms with Crippen molar-refractivity contribution in [3.8, 4) is 0 Å². The molecule has 1 fully saturated rings. The van der Waals surface area contributed by atoms with Crippen molar-refractivity contribution < 1.29 is 28.7 Å². The Balaban J connectivity index is 2.24. The van der Waals surface area contributed by atoms with E-state index >= 15 is 0 Å². The van der Waals surface area contributed by atoms with Gasteiger partial charge in [-0.05, 0) is 50.1 Å². The van der Waals surface area contributed by atoms with Gasteiger partial charge in [0.25, 0.3) is 0 Å². The molecule has 0 aromatic heterocycles. The number of carbonyl (C=O) groups is 4. The zero-order chi connectivity index (χ0) is 38.6. The first-order valence-electron chi connectivity index (χ1n) is 19.0. The summed E-state index contributed by atoms with van der Waals surface area (Å²) in [4.78, 5) is 58.5. The molecule has 1 aromatic carbocycles. The van der Waals surface area contributed by atoms with Crippen molar-refractivity contribution in [2.75, 3.05) is 34.9 Å². The highest BCUT2D eigenvalue weighted by Gasteiger charge is 2.43. The number of hydrogen-bond donors (Lipinski definition) is 3. The van der Waals surface area contributed by atoms with E-state index in [1.807, 2.05) is 64.6 Å². The summed E-state index contributed by atoms with van der Waals surface area (Å²) in [7, 11) is 6.67. The van der Waals surface area contributed by atoms with E-state index in [0.29, 0.717) is 6.54 Å². The number of amides is 4. The highest BCUT2D eigenvalue weighted by molar-refractivity contribution is 5.90. The number of methoxy groups -OCH3 is 2. The van der Waals surface area contributed by atoms with Gasteiger partial charge >= 0.3 is 0 Å². The summed E-state index contributed by atoms with van der Waals surface area (Å²) in [6.45, 7) is 18.4. The van der Waals surface area contributed by atoms with Crippen LogP contribution in [0.2, 0.25) is 0 Å². The largest absolute Gasteiger partial charge is 0.379 e. The van der Waals surface area contributed by atoms with E-state index in [-0.39, 0.29) is 65.8 Å². The number of carbonyl (C=O) groups excluding carboxylic acids is 4. The predicted octanol–water partition coefficient (Wildman–Crippen LogP) is 4.60.